The Labute approximate surface area is 141 Å². The van der Waals surface area contributed by atoms with Gasteiger partial charge in [0.05, 0.1) is 11.6 Å². The van der Waals surface area contributed by atoms with Crippen molar-refractivity contribution in [3.63, 3.8) is 0 Å². The molecule has 2 aromatic rings. The molecule has 5 heteroatoms. The zero-order valence-corrected chi connectivity index (χ0v) is 13.7. The van der Waals surface area contributed by atoms with Crippen molar-refractivity contribution >= 4 is 23.2 Å². The van der Waals surface area contributed by atoms with Crippen LogP contribution in [0, 0.1) is 18.3 Å². The molecule has 2 aromatic carbocycles. The summed E-state index contributed by atoms with van der Waals surface area (Å²) in [6.45, 7) is 3.93. The standard InChI is InChI=1S/C19H19N3O2/c1-3-15-8-4-6-13(2)19(15)22-18(24)11-17(23)21-16-9-5-7-14(10-16)12-20/h4-10H,3,11H2,1-2H3,(H,21,23)(H,22,24). The Kier molecular flexibility index (Phi) is 5.69. The molecule has 0 aliphatic carbocycles. The van der Waals surface area contributed by atoms with Crippen molar-refractivity contribution in [3.8, 4) is 6.07 Å². The van der Waals surface area contributed by atoms with Crippen molar-refractivity contribution in [2.75, 3.05) is 10.6 Å². The van der Waals surface area contributed by atoms with Crippen molar-refractivity contribution in [3.05, 3.63) is 59.2 Å². The summed E-state index contributed by atoms with van der Waals surface area (Å²) in [5, 5.41) is 14.3. The Morgan fingerprint density at radius 3 is 2.50 bits per heavy atom. The fraction of sp³-hybridized carbons (Fsp3) is 0.211. The summed E-state index contributed by atoms with van der Waals surface area (Å²) in [4.78, 5) is 24.1. The molecule has 2 N–H and O–H groups in total. The number of benzene rings is 2. The highest BCUT2D eigenvalue weighted by atomic mass is 16.2. The number of anilines is 2. The number of nitrogens with one attached hydrogen (secondary N) is 2. The van der Waals surface area contributed by atoms with Crippen molar-refractivity contribution in [1.82, 2.24) is 0 Å². The molecule has 0 unspecified atom stereocenters. The van der Waals surface area contributed by atoms with Crippen LogP contribution in [0.1, 0.15) is 30.0 Å². The number of aryl methyl sites for hydroxylation is 2. The molecule has 0 radical (unpaired) electrons. The van der Waals surface area contributed by atoms with Crippen LogP contribution in [0.4, 0.5) is 11.4 Å². The first kappa shape index (κ1) is 17.2. The summed E-state index contributed by atoms with van der Waals surface area (Å²) in [5.74, 6) is -0.790. The van der Waals surface area contributed by atoms with Crippen LogP contribution in [-0.4, -0.2) is 11.8 Å². The van der Waals surface area contributed by atoms with Gasteiger partial charge < -0.3 is 10.6 Å². The van der Waals surface area contributed by atoms with Gasteiger partial charge in [0, 0.05) is 11.4 Å². The smallest absolute Gasteiger partial charge is 0.233 e. The Morgan fingerprint density at radius 2 is 1.79 bits per heavy atom. The minimum atomic E-state index is -0.422. The quantitative estimate of drug-likeness (QED) is 0.828. The van der Waals surface area contributed by atoms with Crippen LogP contribution in [0.3, 0.4) is 0 Å². The Bertz CT molecular complexity index is 806. The number of nitrogens with zero attached hydrogens (tertiary/aromatic N) is 1. The molecule has 122 valence electrons. The lowest BCUT2D eigenvalue weighted by atomic mass is 10.1. The number of carbonyl (C=O) groups is 2. The van der Waals surface area contributed by atoms with Gasteiger partial charge in [0.1, 0.15) is 6.42 Å². The van der Waals surface area contributed by atoms with E-state index in [1.165, 1.54) is 0 Å². The lowest BCUT2D eigenvalue weighted by Gasteiger charge is -2.13. The zero-order chi connectivity index (χ0) is 17.5. The summed E-state index contributed by atoms with van der Waals surface area (Å²) in [5.41, 5.74) is 3.71. The molecule has 0 aliphatic rings. The number of para-hydroxylation sites is 1. The van der Waals surface area contributed by atoms with Crippen LogP contribution in [0.15, 0.2) is 42.5 Å². The molecule has 0 aliphatic heterocycles. The van der Waals surface area contributed by atoms with Crippen molar-refractivity contribution in [1.29, 1.82) is 5.26 Å². The summed E-state index contributed by atoms with van der Waals surface area (Å²) in [7, 11) is 0. The largest absolute Gasteiger partial charge is 0.326 e. The fourth-order valence-electron chi connectivity index (χ4n) is 2.40. The lowest BCUT2D eigenvalue weighted by molar-refractivity contribution is -0.123. The molecule has 2 amide bonds. The van der Waals surface area contributed by atoms with Crippen LogP contribution >= 0.6 is 0 Å². The van der Waals surface area contributed by atoms with Crippen molar-refractivity contribution in [2.24, 2.45) is 0 Å². The molecular formula is C19H19N3O2. The maximum atomic E-state index is 12.1. The summed E-state index contributed by atoms with van der Waals surface area (Å²) in [6, 6.07) is 14.4. The normalized spacial score (nSPS) is 9.88. The highest BCUT2D eigenvalue weighted by Gasteiger charge is 2.13. The molecule has 0 aromatic heterocycles. The molecule has 0 spiro atoms. The third-order valence-electron chi connectivity index (χ3n) is 3.60. The van der Waals surface area contributed by atoms with Crippen LogP contribution in [0.5, 0.6) is 0 Å². The molecular weight excluding hydrogens is 302 g/mol. The molecule has 0 atom stereocenters. The number of carbonyl (C=O) groups excluding carboxylic acids is 2. The predicted molar refractivity (Wildman–Crippen MR) is 93.6 cm³/mol. The lowest BCUT2D eigenvalue weighted by Crippen LogP contribution is -2.22. The van der Waals surface area contributed by atoms with Gasteiger partial charge in [-0.3, -0.25) is 9.59 Å². The van der Waals surface area contributed by atoms with Crippen LogP contribution in [0.2, 0.25) is 0 Å². The van der Waals surface area contributed by atoms with E-state index in [9.17, 15) is 9.59 Å². The Balaban J connectivity index is 2.00. The first-order valence-corrected chi connectivity index (χ1v) is 7.72. The number of amides is 2. The molecule has 0 saturated heterocycles. The van der Waals surface area contributed by atoms with E-state index in [1.807, 2.05) is 38.1 Å². The first-order valence-electron chi connectivity index (χ1n) is 7.72. The zero-order valence-electron chi connectivity index (χ0n) is 13.7. The van der Waals surface area contributed by atoms with Crippen LogP contribution < -0.4 is 10.6 Å². The molecule has 0 fully saturated rings. The number of hydrogen-bond acceptors (Lipinski definition) is 3. The Morgan fingerprint density at radius 1 is 1.08 bits per heavy atom. The third kappa shape index (κ3) is 4.43. The minimum Gasteiger partial charge on any atom is -0.326 e. The van der Waals surface area contributed by atoms with E-state index in [0.29, 0.717) is 11.3 Å². The van der Waals surface area contributed by atoms with Gasteiger partial charge in [-0.05, 0) is 42.7 Å². The van der Waals surface area contributed by atoms with E-state index < -0.39 is 5.91 Å². The van der Waals surface area contributed by atoms with E-state index in [0.717, 1.165) is 23.2 Å². The van der Waals surface area contributed by atoms with Crippen LogP contribution in [0.25, 0.3) is 0 Å². The predicted octanol–water partition coefficient (Wildman–Crippen LogP) is 3.40. The van der Waals surface area contributed by atoms with Crippen molar-refractivity contribution in [2.45, 2.75) is 26.7 Å². The summed E-state index contributed by atoms with van der Waals surface area (Å²) < 4.78 is 0. The molecule has 0 bridgehead atoms. The average molecular weight is 321 g/mol. The number of nitriles is 1. The van der Waals surface area contributed by atoms with Crippen LogP contribution in [-0.2, 0) is 16.0 Å². The maximum absolute atomic E-state index is 12.1. The minimum absolute atomic E-state index is 0.283. The highest BCUT2D eigenvalue weighted by Crippen LogP contribution is 2.21. The maximum Gasteiger partial charge on any atom is 0.233 e. The topological polar surface area (TPSA) is 82.0 Å². The SMILES string of the molecule is CCc1cccc(C)c1NC(=O)CC(=O)Nc1cccc(C#N)c1. The van der Waals surface area contributed by atoms with Gasteiger partial charge in [0.25, 0.3) is 0 Å². The monoisotopic (exact) mass is 321 g/mol. The van der Waals surface area contributed by atoms with Gasteiger partial charge in [-0.25, -0.2) is 0 Å². The Hall–Kier alpha value is -3.13. The molecule has 24 heavy (non-hydrogen) atoms. The van der Waals surface area contributed by atoms with Gasteiger partial charge >= 0.3 is 0 Å². The van der Waals surface area contributed by atoms with E-state index in [-0.39, 0.29) is 12.3 Å². The van der Waals surface area contributed by atoms with Gasteiger partial charge in [-0.2, -0.15) is 5.26 Å². The third-order valence-corrected chi connectivity index (χ3v) is 3.60. The van der Waals surface area contributed by atoms with E-state index >= 15 is 0 Å². The van der Waals surface area contributed by atoms with Gasteiger partial charge in [0.2, 0.25) is 11.8 Å². The highest BCUT2D eigenvalue weighted by molar-refractivity contribution is 6.08. The second-order valence-electron chi connectivity index (χ2n) is 5.43. The van der Waals surface area contributed by atoms with Gasteiger partial charge in [-0.15, -0.1) is 0 Å². The van der Waals surface area contributed by atoms with E-state index in [1.54, 1.807) is 24.3 Å². The summed E-state index contributed by atoms with van der Waals surface area (Å²) in [6.07, 6.45) is 0.513. The summed E-state index contributed by atoms with van der Waals surface area (Å²) >= 11 is 0. The molecule has 2 rings (SSSR count). The van der Waals surface area contributed by atoms with E-state index in [2.05, 4.69) is 10.6 Å². The number of rotatable bonds is 5. The molecule has 5 nitrogen and oxygen atoms in total. The fourth-order valence-corrected chi connectivity index (χ4v) is 2.40. The van der Waals surface area contributed by atoms with Gasteiger partial charge in [0.15, 0.2) is 0 Å². The second kappa shape index (κ2) is 7.93. The van der Waals surface area contributed by atoms with E-state index in [4.69, 9.17) is 5.26 Å². The van der Waals surface area contributed by atoms with Crippen molar-refractivity contribution < 1.29 is 9.59 Å². The molecule has 0 saturated carbocycles. The van der Waals surface area contributed by atoms with Gasteiger partial charge in [-0.1, -0.05) is 31.2 Å². The average Bonchev–Trinajstić information content (AvgIpc) is 2.56. The number of hydrogen-bond donors (Lipinski definition) is 2. The molecule has 0 heterocycles. The second-order valence-corrected chi connectivity index (χ2v) is 5.43. The first-order chi connectivity index (χ1) is 11.5.